The van der Waals surface area contributed by atoms with Crippen LogP contribution in [0.4, 0.5) is 5.69 Å². The maximum atomic E-state index is 14.3. The number of anilines is 1. The molecule has 1 unspecified atom stereocenters. The minimum atomic E-state index is -1.34. The number of halogens is 1. The Kier molecular flexibility index (Phi) is 6.71. The molecule has 1 N–H and O–H groups in total. The number of carbonyl (C=O) groups is 3. The third-order valence-corrected chi connectivity index (χ3v) is 8.58. The van der Waals surface area contributed by atoms with E-state index in [9.17, 15) is 19.5 Å². The second kappa shape index (κ2) is 9.57. The summed E-state index contributed by atoms with van der Waals surface area (Å²) in [6.45, 7) is 6.68. The van der Waals surface area contributed by atoms with Crippen molar-refractivity contribution < 1.29 is 24.2 Å². The zero-order chi connectivity index (χ0) is 26.5. The van der Waals surface area contributed by atoms with Crippen LogP contribution in [-0.4, -0.2) is 82.2 Å². The Labute approximate surface area is 222 Å². The molecule has 4 heterocycles. The number of aliphatic hydroxyl groups excluding tert-OH is 1. The number of likely N-dealkylation sites (tertiary alicyclic amines) is 1. The summed E-state index contributed by atoms with van der Waals surface area (Å²) in [5, 5.41) is 10.6. The van der Waals surface area contributed by atoms with E-state index in [0.717, 1.165) is 6.42 Å². The lowest BCUT2D eigenvalue weighted by molar-refractivity contribution is -0.152. The largest absolute Gasteiger partial charge is 0.394 e. The van der Waals surface area contributed by atoms with Crippen LogP contribution in [0.3, 0.4) is 0 Å². The molecule has 5 rings (SSSR count). The average molecular weight is 528 g/mol. The van der Waals surface area contributed by atoms with Gasteiger partial charge < -0.3 is 24.5 Å². The number of hydrogen-bond donors (Lipinski definition) is 1. The first-order chi connectivity index (χ1) is 17.7. The van der Waals surface area contributed by atoms with Gasteiger partial charge in [0.05, 0.1) is 30.1 Å². The molecule has 1 spiro atoms. The lowest BCUT2D eigenvalue weighted by Crippen LogP contribution is -2.58. The van der Waals surface area contributed by atoms with Gasteiger partial charge in [0.1, 0.15) is 11.6 Å². The standard InChI is InChI=1S/C28H34ClN3O5/c1-4-14-30-15-6-12-27(5-2)21(24(30)34)22-25(35)32(18(3)17-33)23-26(36)31(16-7-13-28(22,23)37-27)20-10-8-19(29)9-11-20/h6-13,18,21-23,33H,4-5,14-17H2,1-3H3/t18-,21+,22+,23?,27-,28+/m1/s1. The van der Waals surface area contributed by atoms with Crippen LogP contribution in [0.1, 0.15) is 33.6 Å². The average Bonchev–Trinajstić information content (AvgIpc) is 3.20. The minimum absolute atomic E-state index is 0.124. The summed E-state index contributed by atoms with van der Waals surface area (Å²) in [5.41, 5.74) is -1.70. The van der Waals surface area contributed by atoms with Gasteiger partial charge in [0.2, 0.25) is 11.8 Å². The Bertz CT molecular complexity index is 1150. The van der Waals surface area contributed by atoms with Crippen LogP contribution in [0.25, 0.3) is 0 Å². The monoisotopic (exact) mass is 527 g/mol. The van der Waals surface area contributed by atoms with Crippen LogP contribution in [0.15, 0.2) is 48.6 Å². The molecule has 2 fully saturated rings. The molecule has 0 bridgehead atoms. The molecule has 6 atom stereocenters. The molecule has 0 aromatic heterocycles. The number of fused-ring (bicyclic) bond motifs is 2. The van der Waals surface area contributed by atoms with E-state index < -0.39 is 35.1 Å². The van der Waals surface area contributed by atoms with Gasteiger partial charge in [0, 0.05) is 30.3 Å². The van der Waals surface area contributed by atoms with Crippen molar-refractivity contribution in [3.63, 3.8) is 0 Å². The quantitative estimate of drug-likeness (QED) is 0.575. The van der Waals surface area contributed by atoms with Gasteiger partial charge >= 0.3 is 0 Å². The number of rotatable bonds is 6. The van der Waals surface area contributed by atoms with Crippen molar-refractivity contribution in [1.29, 1.82) is 0 Å². The highest BCUT2D eigenvalue weighted by atomic mass is 35.5. The summed E-state index contributed by atoms with van der Waals surface area (Å²) in [6.07, 6.45) is 8.84. The van der Waals surface area contributed by atoms with E-state index in [1.165, 1.54) is 4.90 Å². The zero-order valence-corrected chi connectivity index (χ0v) is 22.2. The summed E-state index contributed by atoms with van der Waals surface area (Å²) in [7, 11) is 0. The molecule has 37 heavy (non-hydrogen) atoms. The lowest BCUT2D eigenvalue weighted by atomic mass is 9.73. The Morgan fingerprint density at radius 2 is 1.73 bits per heavy atom. The molecule has 198 valence electrons. The molecule has 9 heteroatoms. The Hall–Kier alpha value is -2.68. The van der Waals surface area contributed by atoms with Gasteiger partial charge in [-0.15, -0.1) is 0 Å². The first-order valence-corrected chi connectivity index (χ1v) is 13.5. The Morgan fingerprint density at radius 1 is 1.03 bits per heavy atom. The Morgan fingerprint density at radius 3 is 2.38 bits per heavy atom. The van der Waals surface area contributed by atoms with E-state index in [0.29, 0.717) is 30.2 Å². The summed E-state index contributed by atoms with van der Waals surface area (Å²) in [4.78, 5) is 47.4. The molecule has 4 aliphatic heterocycles. The van der Waals surface area contributed by atoms with Crippen molar-refractivity contribution in [2.75, 3.05) is 31.1 Å². The number of ether oxygens (including phenoxy) is 1. The maximum Gasteiger partial charge on any atom is 0.253 e. The van der Waals surface area contributed by atoms with Gasteiger partial charge in [-0.2, -0.15) is 0 Å². The lowest BCUT2D eigenvalue weighted by Gasteiger charge is -2.40. The molecule has 0 aliphatic carbocycles. The molecule has 2 saturated heterocycles. The van der Waals surface area contributed by atoms with Crippen molar-refractivity contribution >= 4 is 35.0 Å². The number of nitrogens with zero attached hydrogens (tertiary/aromatic N) is 3. The molecular formula is C28H34ClN3O5. The normalized spacial score (nSPS) is 33.8. The van der Waals surface area contributed by atoms with Crippen molar-refractivity contribution in [3.05, 3.63) is 53.6 Å². The van der Waals surface area contributed by atoms with Gasteiger partial charge in [-0.05, 0) is 44.0 Å². The summed E-state index contributed by atoms with van der Waals surface area (Å²) in [5.74, 6) is -2.42. The van der Waals surface area contributed by atoms with Crippen LogP contribution in [0.5, 0.6) is 0 Å². The highest BCUT2D eigenvalue weighted by molar-refractivity contribution is 6.30. The molecule has 0 radical (unpaired) electrons. The van der Waals surface area contributed by atoms with E-state index in [2.05, 4.69) is 0 Å². The molecule has 4 aliphatic rings. The van der Waals surface area contributed by atoms with Crippen LogP contribution in [0.2, 0.25) is 5.02 Å². The van der Waals surface area contributed by atoms with Gasteiger partial charge in [0.15, 0.2) is 0 Å². The number of aliphatic hydroxyl groups is 1. The SMILES string of the molecule is CCCN1CC=C[C@@]2(CC)O[C@]34C=CCN(c5ccc(Cl)cc5)C(=O)C3N([C@H](C)CO)C(=O)[C@@H]4[C@H]2C1=O. The maximum absolute atomic E-state index is 14.3. The van der Waals surface area contributed by atoms with Crippen molar-refractivity contribution in [1.82, 2.24) is 9.80 Å². The van der Waals surface area contributed by atoms with Gasteiger partial charge in [-0.3, -0.25) is 14.4 Å². The smallest absolute Gasteiger partial charge is 0.253 e. The van der Waals surface area contributed by atoms with E-state index >= 15 is 0 Å². The third kappa shape index (κ3) is 3.75. The van der Waals surface area contributed by atoms with Gasteiger partial charge in [-0.25, -0.2) is 0 Å². The first-order valence-electron chi connectivity index (χ1n) is 13.1. The van der Waals surface area contributed by atoms with Crippen molar-refractivity contribution in [3.8, 4) is 0 Å². The van der Waals surface area contributed by atoms with Gasteiger partial charge in [0.25, 0.3) is 5.91 Å². The zero-order valence-electron chi connectivity index (χ0n) is 21.5. The second-order valence-corrected chi connectivity index (χ2v) is 10.8. The molecule has 1 aromatic carbocycles. The summed E-state index contributed by atoms with van der Waals surface area (Å²) in [6, 6.07) is 5.30. The fourth-order valence-corrected chi connectivity index (χ4v) is 6.76. The van der Waals surface area contributed by atoms with Crippen molar-refractivity contribution in [2.45, 2.75) is 56.9 Å². The fraction of sp³-hybridized carbons (Fsp3) is 0.536. The number of hydrogen-bond acceptors (Lipinski definition) is 5. The van der Waals surface area contributed by atoms with E-state index in [1.807, 2.05) is 38.2 Å². The highest BCUT2D eigenvalue weighted by Gasteiger charge is 2.75. The summed E-state index contributed by atoms with van der Waals surface area (Å²) >= 11 is 6.08. The van der Waals surface area contributed by atoms with Crippen LogP contribution in [-0.2, 0) is 19.1 Å². The second-order valence-electron chi connectivity index (χ2n) is 10.4. The van der Waals surface area contributed by atoms with Crippen LogP contribution in [0, 0.1) is 11.8 Å². The van der Waals surface area contributed by atoms with E-state index in [1.54, 1.807) is 41.0 Å². The summed E-state index contributed by atoms with van der Waals surface area (Å²) < 4.78 is 6.91. The number of carbonyl (C=O) groups excluding carboxylic acids is 3. The number of amides is 3. The first kappa shape index (κ1) is 25.9. The molecule has 1 aromatic rings. The van der Waals surface area contributed by atoms with Gasteiger partial charge in [-0.1, -0.05) is 49.8 Å². The van der Waals surface area contributed by atoms with Crippen molar-refractivity contribution in [2.24, 2.45) is 11.8 Å². The molecule has 3 amide bonds. The third-order valence-electron chi connectivity index (χ3n) is 8.33. The number of benzene rings is 1. The predicted octanol–water partition coefficient (Wildman–Crippen LogP) is 2.79. The molecule has 8 nitrogen and oxygen atoms in total. The minimum Gasteiger partial charge on any atom is -0.394 e. The Balaban J connectivity index is 1.67. The van der Waals surface area contributed by atoms with Crippen LogP contribution >= 0.6 is 11.6 Å². The molecular weight excluding hydrogens is 494 g/mol. The molecule has 0 saturated carbocycles. The van der Waals surface area contributed by atoms with Crippen LogP contribution < -0.4 is 4.90 Å². The van der Waals surface area contributed by atoms with E-state index in [4.69, 9.17) is 16.3 Å². The topological polar surface area (TPSA) is 90.4 Å². The predicted molar refractivity (Wildman–Crippen MR) is 140 cm³/mol. The fourth-order valence-electron chi connectivity index (χ4n) is 6.64. The van der Waals surface area contributed by atoms with E-state index in [-0.39, 0.29) is 30.9 Å². The highest BCUT2D eigenvalue weighted by Crippen LogP contribution is 2.59.